The molecule has 2 fully saturated rings. The van der Waals surface area contributed by atoms with Crippen LogP contribution in [0.2, 0.25) is 0 Å². The second-order valence-electron chi connectivity index (χ2n) is 8.60. The van der Waals surface area contributed by atoms with E-state index in [0.29, 0.717) is 11.3 Å². The summed E-state index contributed by atoms with van der Waals surface area (Å²) in [5.41, 5.74) is 1.05. The molecule has 1 amide bonds. The highest BCUT2D eigenvalue weighted by atomic mass is 32.1. The highest BCUT2D eigenvalue weighted by molar-refractivity contribution is 7.59. The van der Waals surface area contributed by atoms with Crippen LogP contribution >= 0.6 is 40.5 Å². The molecular formula is C24H27F2N5OS3. The average molecular weight is 536 g/mol. The summed E-state index contributed by atoms with van der Waals surface area (Å²) >= 11 is 0. The molecule has 4 aromatic rings. The first-order valence-corrected chi connectivity index (χ1v) is 10.9. The summed E-state index contributed by atoms with van der Waals surface area (Å²) in [7, 11) is 0. The molecule has 6 rings (SSSR count). The van der Waals surface area contributed by atoms with E-state index in [2.05, 4.69) is 15.1 Å². The molecule has 0 N–H and O–H groups in total. The van der Waals surface area contributed by atoms with Crippen LogP contribution in [0, 0.1) is 0 Å². The molecule has 35 heavy (non-hydrogen) atoms. The van der Waals surface area contributed by atoms with Gasteiger partial charge in [0.05, 0.1) is 5.69 Å². The largest absolute Gasteiger partial charge is 0.332 e. The predicted octanol–water partition coefficient (Wildman–Crippen LogP) is 5.10. The fourth-order valence-corrected chi connectivity index (χ4v) is 5.60. The summed E-state index contributed by atoms with van der Waals surface area (Å²) in [6, 6.07) is 15.2. The lowest BCUT2D eigenvalue weighted by Gasteiger charge is -2.40. The van der Waals surface area contributed by atoms with Gasteiger partial charge in [0.15, 0.2) is 0 Å². The number of carbonyl (C=O) groups is 1. The van der Waals surface area contributed by atoms with Crippen LogP contribution < -0.4 is 0 Å². The molecule has 2 aromatic carbocycles. The van der Waals surface area contributed by atoms with Crippen LogP contribution in [0.1, 0.15) is 59.8 Å². The predicted molar refractivity (Wildman–Crippen MR) is 146 cm³/mol. The fraction of sp³-hybridized carbons (Fsp3) is 0.333. The Balaban J connectivity index is 0.00000114. The Hall–Kier alpha value is -2.37. The van der Waals surface area contributed by atoms with Gasteiger partial charge in [0.1, 0.15) is 12.0 Å². The number of hydrogen-bond donors (Lipinski definition) is 0. The third kappa shape index (κ3) is 4.49. The third-order valence-electron chi connectivity index (χ3n) is 6.98. The lowest BCUT2D eigenvalue weighted by atomic mass is 9.86. The van der Waals surface area contributed by atoms with Gasteiger partial charge in [-0.15, -0.1) is 0 Å². The van der Waals surface area contributed by atoms with Crippen molar-refractivity contribution >= 4 is 62.9 Å². The molecule has 0 saturated carbocycles. The Morgan fingerprint density at radius 1 is 0.971 bits per heavy atom. The molecular weight excluding hydrogens is 508 g/mol. The van der Waals surface area contributed by atoms with E-state index in [0.717, 1.165) is 36.5 Å². The van der Waals surface area contributed by atoms with Gasteiger partial charge in [0.25, 0.3) is 18.1 Å². The quantitative estimate of drug-likeness (QED) is 0.366. The van der Waals surface area contributed by atoms with E-state index in [1.54, 1.807) is 4.52 Å². The van der Waals surface area contributed by atoms with Gasteiger partial charge in [0, 0.05) is 23.6 Å². The van der Waals surface area contributed by atoms with Gasteiger partial charge < -0.3 is 4.90 Å². The molecule has 2 aromatic heterocycles. The van der Waals surface area contributed by atoms with Crippen molar-refractivity contribution in [3.8, 4) is 0 Å². The smallest absolute Gasteiger partial charge is 0.280 e. The Kier molecular flexibility index (Phi) is 8.33. The fourth-order valence-electron chi connectivity index (χ4n) is 5.60. The second-order valence-corrected chi connectivity index (χ2v) is 8.60. The van der Waals surface area contributed by atoms with Crippen LogP contribution in [-0.4, -0.2) is 42.5 Å². The maximum Gasteiger partial charge on any atom is 0.280 e. The number of fused-ring (bicyclic) bond motifs is 4. The molecule has 11 heteroatoms. The van der Waals surface area contributed by atoms with Gasteiger partial charge in [-0.3, -0.25) is 4.79 Å². The number of halogens is 2. The molecule has 0 unspecified atom stereocenters. The number of hydrogen-bond acceptors (Lipinski definition) is 4. The van der Waals surface area contributed by atoms with Gasteiger partial charge >= 0.3 is 0 Å². The Morgan fingerprint density at radius 2 is 1.71 bits per heavy atom. The topological polar surface area (TPSA) is 63.4 Å². The summed E-state index contributed by atoms with van der Waals surface area (Å²) in [5.74, 6) is 0.0826. The van der Waals surface area contributed by atoms with E-state index < -0.39 is 6.43 Å². The zero-order valence-electron chi connectivity index (χ0n) is 18.7. The first-order chi connectivity index (χ1) is 15.6. The van der Waals surface area contributed by atoms with Crippen LogP contribution in [0.4, 0.5) is 8.78 Å². The minimum absolute atomic E-state index is 0. The van der Waals surface area contributed by atoms with E-state index in [1.807, 2.05) is 47.4 Å². The molecule has 0 radical (unpaired) electrons. The van der Waals surface area contributed by atoms with Crippen LogP contribution in [0.25, 0.3) is 16.6 Å². The molecule has 2 saturated heterocycles. The zero-order chi connectivity index (χ0) is 21.8. The molecule has 2 aliphatic rings. The Morgan fingerprint density at radius 3 is 2.51 bits per heavy atom. The van der Waals surface area contributed by atoms with Crippen molar-refractivity contribution in [2.24, 2.45) is 0 Å². The average Bonchev–Trinajstić information content (AvgIpc) is 3.41. The number of carbonyl (C=O) groups excluding carboxylic acids is 1. The minimum Gasteiger partial charge on any atom is -0.332 e. The van der Waals surface area contributed by atoms with E-state index >= 15 is 0 Å². The van der Waals surface area contributed by atoms with E-state index in [-0.39, 0.29) is 75.9 Å². The Bertz CT molecular complexity index is 1350. The van der Waals surface area contributed by atoms with Crippen molar-refractivity contribution in [2.45, 2.75) is 50.1 Å². The van der Waals surface area contributed by atoms with Crippen LogP contribution in [0.3, 0.4) is 0 Å². The van der Waals surface area contributed by atoms with Gasteiger partial charge in [-0.2, -0.15) is 50.6 Å². The van der Waals surface area contributed by atoms with Gasteiger partial charge in [-0.25, -0.2) is 18.3 Å². The molecule has 2 bridgehead atoms. The van der Waals surface area contributed by atoms with Crippen LogP contribution in [0.5, 0.6) is 0 Å². The monoisotopic (exact) mass is 535 g/mol. The molecule has 0 spiro atoms. The number of alkyl halides is 2. The number of rotatable bonds is 3. The number of amides is 1. The van der Waals surface area contributed by atoms with Crippen molar-refractivity contribution < 1.29 is 13.6 Å². The van der Waals surface area contributed by atoms with Crippen LogP contribution in [-0.2, 0) is 0 Å². The van der Waals surface area contributed by atoms with Crippen molar-refractivity contribution in [3.05, 3.63) is 71.8 Å². The molecule has 3 atom stereocenters. The van der Waals surface area contributed by atoms with Crippen molar-refractivity contribution in [1.29, 1.82) is 0 Å². The highest BCUT2D eigenvalue weighted by Crippen LogP contribution is 2.45. The molecule has 6 nitrogen and oxygen atoms in total. The van der Waals surface area contributed by atoms with Crippen molar-refractivity contribution in [2.75, 3.05) is 0 Å². The lowest BCUT2D eigenvalue weighted by molar-refractivity contribution is 0.0556. The summed E-state index contributed by atoms with van der Waals surface area (Å²) < 4.78 is 28.6. The maximum atomic E-state index is 13.8. The van der Waals surface area contributed by atoms with E-state index in [1.165, 1.54) is 12.4 Å². The number of aromatic nitrogens is 4. The summed E-state index contributed by atoms with van der Waals surface area (Å²) in [6.07, 6.45) is 2.06. The first-order valence-electron chi connectivity index (χ1n) is 10.9. The number of piperidine rings is 1. The van der Waals surface area contributed by atoms with Crippen molar-refractivity contribution in [1.82, 2.24) is 24.5 Å². The van der Waals surface area contributed by atoms with Crippen molar-refractivity contribution in [3.63, 3.8) is 0 Å². The second kappa shape index (κ2) is 10.7. The number of nitrogens with zero attached hydrogens (tertiary/aromatic N) is 5. The minimum atomic E-state index is -2.69. The van der Waals surface area contributed by atoms with Crippen LogP contribution in [0.15, 0.2) is 54.9 Å². The lowest BCUT2D eigenvalue weighted by Crippen LogP contribution is -2.47. The van der Waals surface area contributed by atoms with E-state index in [4.69, 9.17) is 0 Å². The van der Waals surface area contributed by atoms with Gasteiger partial charge in [-0.05, 0) is 48.6 Å². The third-order valence-corrected chi connectivity index (χ3v) is 6.98. The molecule has 2 aliphatic heterocycles. The summed E-state index contributed by atoms with van der Waals surface area (Å²) in [5, 5.41) is 6.20. The highest BCUT2D eigenvalue weighted by Gasteiger charge is 2.46. The van der Waals surface area contributed by atoms with Gasteiger partial charge in [-0.1, -0.05) is 36.4 Å². The van der Waals surface area contributed by atoms with E-state index in [9.17, 15) is 13.6 Å². The zero-order valence-corrected chi connectivity index (χ0v) is 21.7. The normalized spacial score (nSPS) is 20.9. The number of benzene rings is 2. The maximum absolute atomic E-state index is 13.8. The molecule has 4 heterocycles. The molecule has 186 valence electrons. The standard InChI is InChI=1S/C24H21F2N5O.3H2S/c25-22(26)19-12-21(31-24(29-19)27-13-28-31)18-10-8-15-9-11-20(18)30(15)23(32)17-7-3-5-14-4-1-2-6-16(14)17;;;/h1-7,12-13,15,18,20,22H,8-11H2;3*1H2/t15-,18-,20-;;;/m0.../s1. The molecule has 0 aliphatic carbocycles. The summed E-state index contributed by atoms with van der Waals surface area (Å²) in [6.45, 7) is 0. The first kappa shape index (κ1) is 27.2. The SMILES string of the molecule is O=C(c1cccc2ccccc12)N1[C@H]2CC[C@H](c3cc(C(F)F)nc4ncnn34)[C@@H]1CC2.S.S.S. The van der Waals surface area contributed by atoms with Gasteiger partial charge in [0.2, 0.25) is 0 Å². The Labute approximate surface area is 222 Å². The summed E-state index contributed by atoms with van der Waals surface area (Å²) in [4.78, 5) is 23.8.